The van der Waals surface area contributed by atoms with Crippen LogP contribution in [0.5, 0.6) is 0 Å². The Hall–Kier alpha value is -1.39. The third-order valence-electron chi connectivity index (χ3n) is 2.22. The van der Waals surface area contributed by atoms with E-state index in [0.717, 1.165) is 11.1 Å². The van der Waals surface area contributed by atoms with Gasteiger partial charge in [0.2, 0.25) is 5.91 Å². The summed E-state index contributed by atoms with van der Waals surface area (Å²) in [6, 6.07) is 7.61. The highest BCUT2D eigenvalue weighted by Gasteiger charge is 2.04. The molecule has 0 saturated heterocycles. The molecule has 0 radical (unpaired) electrons. The van der Waals surface area contributed by atoms with Crippen LogP contribution in [0, 0.1) is 0 Å². The normalized spacial score (nSPS) is 12.2. The molecule has 1 atom stereocenters. The van der Waals surface area contributed by atoms with Crippen molar-refractivity contribution in [1.29, 1.82) is 0 Å². The first kappa shape index (κ1) is 12.7. The van der Waals surface area contributed by atoms with E-state index in [1.165, 1.54) is 0 Å². The Morgan fingerprint density at radius 3 is 2.44 bits per heavy atom. The van der Waals surface area contributed by atoms with Gasteiger partial charge in [-0.15, -0.1) is 0 Å². The number of hydrogen-bond acceptors (Lipinski definition) is 3. The number of carbonyl (C=O) groups excluding carboxylic acids is 1. The summed E-state index contributed by atoms with van der Waals surface area (Å²) in [5.41, 5.74) is 7.47. The van der Waals surface area contributed by atoms with E-state index in [1.54, 1.807) is 6.92 Å². The second-order valence-electron chi connectivity index (χ2n) is 3.85. The zero-order chi connectivity index (χ0) is 12.0. The fourth-order valence-electron chi connectivity index (χ4n) is 1.30. The molecule has 1 aromatic rings. The highest BCUT2D eigenvalue weighted by molar-refractivity contribution is 5.78. The minimum absolute atomic E-state index is 0.0820. The van der Waals surface area contributed by atoms with E-state index in [1.807, 2.05) is 24.3 Å². The monoisotopic (exact) mass is 222 g/mol. The highest BCUT2D eigenvalue weighted by Crippen LogP contribution is 2.04. The summed E-state index contributed by atoms with van der Waals surface area (Å²) in [5, 5.41) is 11.7. The average Bonchev–Trinajstić information content (AvgIpc) is 2.27. The van der Waals surface area contributed by atoms with Crippen LogP contribution in [0.15, 0.2) is 24.3 Å². The molecule has 1 aromatic carbocycles. The lowest BCUT2D eigenvalue weighted by molar-refractivity contribution is -0.120. The maximum Gasteiger partial charge on any atom is 0.224 e. The van der Waals surface area contributed by atoms with Crippen LogP contribution in [-0.4, -0.2) is 23.7 Å². The lowest BCUT2D eigenvalue weighted by atomic mass is 10.1. The van der Waals surface area contributed by atoms with E-state index >= 15 is 0 Å². The predicted molar refractivity (Wildman–Crippen MR) is 62.7 cm³/mol. The van der Waals surface area contributed by atoms with Crippen LogP contribution in [-0.2, 0) is 17.8 Å². The topological polar surface area (TPSA) is 75.3 Å². The van der Waals surface area contributed by atoms with Gasteiger partial charge in [-0.2, -0.15) is 0 Å². The van der Waals surface area contributed by atoms with Crippen molar-refractivity contribution < 1.29 is 9.90 Å². The first-order valence-electron chi connectivity index (χ1n) is 5.34. The van der Waals surface area contributed by atoms with Crippen LogP contribution in [0.2, 0.25) is 0 Å². The number of nitrogens with two attached hydrogens (primary N) is 1. The van der Waals surface area contributed by atoms with Crippen LogP contribution < -0.4 is 11.1 Å². The molecule has 16 heavy (non-hydrogen) atoms. The number of rotatable bonds is 5. The van der Waals surface area contributed by atoms with Crippen molar-refractivity contribution in [2.45, 2.75) is 26.0 Å². The number of aliphatic hydroxyl groups excluding tert-OH is 1. The van der Waals surface area contributed by atoms with E-state index in [0.29, 0.717) is 19.5 Å². The SMILES string of the molecule is C[C@H](O)CNC(=O)Cc1ccc(CN)cc1. The van der Waals surface area contributed by atoms with Gasteiger partial charge in [-0.25, -0.2) is 0 Å². The molecule has 4 N–H and O–H groups in total. The Labute approximate surface area is 95.5 Å². The highest BCUT2D eigenvalue weighted by atomic mass is 16.3. The van der Waals surface area contributed by atoms with E-state index in [-0.39, 0.29) is 5.91 Å². The van der Waals surface area contributed by atoms with Gasteiger partial charge < -0.3 is 16.2 Å². The van der Waals surface area contributed by atoms with E-state index in [9.17, 15) is 4.79 Å². The second kappa shape index (κ2) is 6.25. The summed E-state index contributed by atoms with van der Waals surface area (Å²) >= 11 is 0. The summed E-state index contributed by atoms with van der Waals surface area (Å²) in [4.78, 5) is 11.4. The van der Waals surface area contributed by atoms with E-state index in [2.05, 4.69) is 5.32 Å². The predicted octanol–water partition coefficient (Wildman–Crippen LogP) is 0.185. The average molecular weight is 222 g/mol. The minimum Gasteiger partial charge on any atom is -0.392 e. The quantitative estimate of drug-likeness (QED) is 0.665. The summed E-state index contributed by atoms with van der Waals surface area (Å²) < 4.78 is 0. The van der Waals surface area contributed by atoms with Gasteiger partial charge in [-0.05, 0) is 18.1 Å². The van der Waals surface area contributed by atoms with Crippen LogP contribution in [0.1, 0.15) is 18.1 Å². The van der Waals surface area contributed by atoms with Gasteiger partial charge in [-0.1, -0.05) is 24.3 Å². The molecule has 0 unspecified atom stereocenters. The Bertz CT molecular complexity index is 333. The molecular formula is C12H18N2O2. The molecule has 0 spiro atoms. The van der Waals surface area contributed by atoms with Crippen LogP contribution >= 0.6 is 0 Å². The summed E-state index contributed by atoms with van der Waals surface area (Å²) in [7, 11) is 0. The zero-order valence-electron chi connectivity index (χ0n) is 9.44. The number of aliphatic hydroxyl groups is 1. The van der Waals surface area contributed by atoms with Gasteiger partial charge in [0, 0.05) is 13.1 Å². The van der Waals surface area contributed by atoms with Gasteiger partial charge >= 0.3 is 0 Å². The third-order valence-corrected chi connectivity index (χ3v) is 2.22. The summed E-state index contributed by atoms with van der Waals surface area (Å²) in [6.07, 6.45) is -0.180. The van der Waals surface area contributed by atoms with Crippen molar-refractivity contribution in [3.8, 4) is 0 Å². The maximum atomic E-state index is 11.4. The lowest BCUT2D eigenvalue weighted by Crippen LogP contribution is -2.31. The van der Waals surface area contributed by atoms with Gasteiger partial charge in [-0.3, -0.25) is 4.79 Å². The number of carbonyl (C=O) groups is 1. The lowest BCUT2D eigenvalue weighted by Gasteiger charge is -2.07. The van der Waals surface area contributed by atoms with Gasteiger partial charge in [0.25, 0.3) is 0 Å². The Morgan fingerprint density at radius 1 is 1.38 bits per heavy atom. The third kappa shape index (κ3) is 4.42. The van der Waals surface area contributed by atoms with Crippen molar-refractivity contribution in [1.82, 2.24) is 5.32 Å². The molecule has 4 nitrogen and oxygen atoms in total. The molecule has 1 amide bonds. The fourth-order valence-corrected chi connectivity index (χ4v) is 1.30. The molecule has 0 aliphatic carbocycles. The Morgan fingerprint density at radius 2 is 1.94 bits per heavy atom. The van der Waals surface area contributed by atoms with Crippen LogP contribution in [0.25, 0.3) is 0 Å². The van der Waals surface area contributed by atoms with Crippen molar-refractivity contribution >= 4 is 5.91 Å². The number of benzene rings is 1. The smallest absolute Gasteiger partial charge is 0.224 e. The van der Waals surface area contributed by atoms with Gasteiger partial charge in [0.1, 0.15) is 0 Å². The van der Waals surface area contributed by atoms with Gasteiger partial charge in [0.05, 0.1) is 12.5 Å². The molecule has 4 heteroatoms. The molecule has 0 aliphatic heterocycles. The first-order chi connectivity index (χ1) is 7.61. The number of amides is 1. The largest absolute Gasteiger partial charge is 0.392 e. The standard InChI is InChI=1S/C12H18N2O2/c1-9(15)8-14-12(16)6-10-2-4-11(7-13)5-3-10/h2-5,9,15H,6-8,13H2,1H3,(H,14,16)/t9-/m0/s1. The Balaban J connectivity index is 2.43. The molecule has 0 aliphatic rings. The number of hydrogen-bond donors (Lipinski definition) is 3. The van der Waals surface area contributed by atoms with Crippen LogP contribution in [0.3, 0.4) is 0 Å². The van der Waals surface area contributed by atoms with Crippen molar-refractivity contribution in [3.05, 3.63) is 35.4 Å². The molecule has 0 fully saturated rings. The second-order valence-corrected chi connectivity index (χ2v) is 3.85. The Kier molecular flexibility index (Phi) is 4.95. The van der Waals surface area contributed by atoms with Crippen LogP contribution in [0.4, 0.5) is 0 Å². The molecule has 1 rings (SSSR count). The summed E-state index contributed by atoms with van der Waals surface area (Å²) in [6.45, 7) is 2.44. The molecule has 0 aromatic heterocycles. The zero-order valence-corrected chi connectivity index (χ0v) is 9.44. The molecule has 0 saturated carbocycles. The molecule has 88 valence electrons. The maximum absolute atomic E-state index is 11.4. The first-order valence-corrected chi connectivity index (χ1v) is 5.34. The van der Waals surface area contributed by atoms with E-state index in [4.69, 9.17) is 10.8 Å². The van der Waals surface area contributed by atoms with Crippen molar-refractivity contribution in [3.63, 3.8) is 0 Å². The summed E-state index contributed by atoms with van der Waals surface area (Å²) in [5.74, 6) is -0.0820. The fraction of sp³-hybridized carbons (Fsp3) is 0.417. The molecule has 0 heterocycles. The number of nitrogens with one attached hydrogen (secondary N) is 1. The van der Waals surface area contributed by atoms with Crippen molar-refractivity contribution in [2.75, 3.05) is 6.54 Å². The van der Waals surface area contributed by atoms with Crippen molar-refractivity contribution in [2.24, 2.45) is 5.73 Å². The van der Waals surface area contributed by atoms with Gasteiger partial charge in [0.15, 0.2) is 0 Å². The minimum atomic E-state index is -0.511. The molecular weight excluding hydrogens is 204 g/mol. The molecule has 0 bridgehead atoms. The van der Waals surface area contributed by atoms with E-state index < -0.39 is 6.10 Å².